The number of nitro benzene ring substituents is 1. The minimum atomic E-state index is -0.480. The van der Waals surface area contributed by atoms with Crippen LogP contribution in [0.4, 0.5) is 5.69 Å². The van der Waals surface area contributed by atoms with Crippen LogP contribution in [0.3, 0.4) is 0 Å². The van der Waals surface area contributed by atoms with Crippen LogP contribution in [0.25, 0.3) is 0 Å². The molecule has 1 saturated carbocycles. The molecule has 1 fully saturated rings. The Labute approximate surface area is 114 Å². The van der Waals surface area contributed by atoms with Crippen LogP contribution >= 0.6 is 31.9 Å². The Morgan fingerprint density at radius 1 is 1.29 bits per heavy atom. The van der Waals surface area contributed by atoms with E-state index in [2.05, 4.69) is 31.9 Å². The zero-order valence-corrected chi connectivity index (χ0v) is 11.7. The zero-order valence-electron chi connectivity index (χ0n) is 8.48. The van der Waals surface area contributed by atoms with Gasteiger partial charge in [-0.2, -0.15) is 0 Å². The maximum absolute atomic E-state index is 10.8. The number of carbonyl (C=O) groups excluding carboxylic acids is 1. The molecule has 1 aromatic rings. The highest BCUT2D eigenvalue weighted by atomic mass is 79.9. The number of benzene rings is 1. The summed E-state index contributed by atoms with van der Waals surface area (Å²) in [6.07, 6.45) is 0.669. The number of rotatable bonds is 3. The van der Waals surface area contributed by atoms with Gasteiger partial charge in [0.05, 0.1) is 13.9 Å². The molecule has 0 aromatic heterocycles. The normalized spacial score (nSPS) is 15.5. The predicted octanol–water partition coefficient (Wildman–Crippen LogP) is 3.23. The van der Waals surface area contributed by atoms with Crippen molar-refractivity contribution in [1.29, 1.82) is 0 Å². The standard InChI is InChI=1S/C10H7Br2NO4/c11-8-1-5(13(15)16)2-9(12)10(8)17-7-3-6(14)4-7/h1-2,7H,3-4H2. The molecule has 7 heteroatoms. The number of hydrogen-bond acceptors (Lipinski definition) is 4. The molecule has 0 atom stereocenters. The highest BCUT2D eigenvalue weighted by molar-refractivity contribution is 9.11. The Balaban J connectivity index is 2.22. The Bertz CT molecular complexity index is 472. The minimum absolute atomic E-state index is 0.0271. The summed E-state index contributed by atoms with van der Waals surface area (Å²) in [5.41, 5.74) is -0.0271. The number of nitro groups is 1. The number of carbonyl (C=O) groups is 1. The SMILES string of the molecule is O=C1CC(Oc2c(Br)cc([N+](=O)[O-])cc2Br)C1. The van der Waals surface area contributed by atoms with Crippen molar-refractivity contribution in [3.8, 4) is 5.75 Å². The van der Waals surface area contributed by atoms with Crippen molar-refractivity contribution in [3.05, 3.63) is 31.2 Å². The third-order valence-electron chi connectivity index (χ3n) is 2.39. The Kier molecular flexibility index (Phi) is 3.48. The summed E-state index contributed by atoms with van der Waals surface area (Å²) in [7, 11) is 0. The van der Waals surface area contributed by atoms with E-state index in [0.717, 1.165) is 0 Å². The average Bonchev–Trinajstić information content (AvgIpc) is 2.19. The Morgan fingerprint density at radius 2 is 1.82 bits per heavy atom. The van der Waals surface area contributed by atoms with E-state index in [4.69, 9.17) is 4.74 Å². The van der Waals surface area contributed by atoms with Gasteiger partial charge in [0.1, 0.15) is 17.6 Å². The van der Waals surface area contributed by atoms with Crippen LogP contribution in [0.5, 0.6) is 5.75 Å². The first kappa shape index (κ1) is 12.5. The molecule has 5 nitrogen and oxygen atoms in total. The number of non-ortho nitro benzene ring substituents is 1. The molecule has 1 aromatic carbocycles. The lowest BCUT2D eigenvalue weighted by molar-refractivity contribution is -0.385. The van der Waals surface area contributed by atoms with Gasteiger partial charge in [0.25, 0.3) is 5.69 Å². The van der Waals surface area contributed by atoms with Gasteiger partial charge in [0, 0.05) is 25.0 Å². The van der Waals surface area contributed by atoms with Crippen LogP contribution in [0.2, 0.25) is 0 Å². The molecule has 90 valence electrons. The second-order valence-electron chi connectivity index (χ2n) is 3.68. The molecule has 1 aliphatic carbocycles. The molecular formula is C10H7Br2NO4. The Morgan fingerprint density at radius 3 is 2.24 bits per heavy atom. The van der Waals surface area contributed by atoms with Crippen molar-refractivity contribution < 1.29 is 14.5 Å². The molecule has 0 bridgehead atoms. The number of nitrogens with zero attached hydrogens (tertiary/aromatic N) is 1. The molecule has 0 radical (unpaired) electrons. The van der Waals surface area contributed by atoms with E-state index < -0.39 is 4.92 Å². The number of ketones is 1. The first-order valence-corrected chi connectivity index (χ1v) is 6.37. The van der Waals surface area contributed by atoms with Crippen molar-refractivity contribution in [3.63, 3.8) is 0 Å². The van der Waals surface area contributed by atoms with Crippen molar-refractivity contribution in [2.45, 2.75) is 18.9 Å². The van der Waals surface area contributed by atoms with Gasteiger partial charge < -0.3 is 4.74 Å². The molecule has 0 amide bonds. The van der Waals surface area contributed by atoms with Gasteiger partial charge in [-0.25, -0.2) is 0 Å². The monoisotopic (exact) mass is 363 g/mol. The first-order chi connectivity index (χ1) is 7.97. The van der Waals surface area contributed by atoms with Crippen molar-refractivity contribution in [2.75, 3.05) is 0 Å². The summed E-state index contributed by atoms with van der Waals surface area (Å²) in [6.45, 7) is 0. The lowest BCUT2D eigenvalue weighted by Crippen LogP contribution is -2.33. The molecule has 0 aliphatic heterocycles. The third kappa shape index (κ3) is 2.66. The number of Topliss-reactive ketones (excluding diaryl/α,β-unsaturated/α-hetero) is 1. The second-order valence-corrected chi connectivity index (χ2v) is 5.39. The van der Waals surface area contributed by atoms with Gasteiger partial charge in [-0.3, -0.25) is 14.9 Å². The lowest BCUT2D eigenvalue weighted by atomic mass is 9.94. The summed E-state index contributed by atoms with van der Waals surface area (Å²) in [5.74, 6) is 0.664. The van der Waals surface area contributed by atoms with E-state index in [1.165, 1.54) is 12.1 Å². The topological polar surface area (TPSA) is 69.4 Å². The van der Waals surface area contributed by atoms with Gasteiger partial charge in [0.2, 0.25) is 0 Å². The molecule has 0 heterocycles. The number of halogens is 2. The van der Waals surface area contributed by atoms with Crippen molar-refractivity contribution >= 4 is 43.3 Å². The fourth-order valence-electron chi connectivity index (χ4n) is 1.46. The number of ether oxygens (including phenoxy) is 1. The molecule has 1 aliphatic rings. The quantitative estimate of drug-likeness (QED) is 0.609. The third-order valence-corrected chi connectivity index (χ3v) is 3.57. The summed E-state index contributed by atoms with van der Waals surface area (Å²) < 4.78 is 6.58. The predicted molar refractivity (Wildman–Crippen MR) is 67.2 cm³/mol. The second kappa shape index (κ2) is 4.73. The van der Waals surface area contributed by atoms with Gasteiger partial charge in [-0.1, -0.05) is 0 Å². The molecule has 2 rings (SSSR count). The van der Waals surface area contributed by atoms with Crippen LogP contribution in [-0.4, -0.2) is 16.8 Å². The fraction of sp³-hybridized carbons (Fsp3) is 0.300. The highest BCUT2D eigenvalue weighted by Crippen LogP contribution is 2.39. The van der Waals surface area contributed by atoms with E-state index in [-0.39, 0.29) is 17.6 Å². The van der Waals surface area contributed by atoms with Crippen LogP contribution in [0, 0.1) is 10.1 Å². The molecular weight excluding hydrogens is 358 g/mol. The maximum Gasteiger partial charge on any atom is 0.271 e. The molecule has 0 unspecified atom stereocenters. The molecule has 0 saturated heterocycles. The molecule has 17 heavy (non-hydrogen) atoms. The number of hydrogen-bond donors (Lipinski definition) is 0. The van der Waals surface area contributed by atoms with E-state index in [0.29, 0.717) is 27.5 Å². The van der Waals surface area contributed by atoms with Crippen LogP contribution in [0.1, 0.15) is 12.8 Å². The minimum Gasteiger partial charge on any atom is -0.487 e. The van der Waals surface area contributed by atoms with Crippen LogP contribution < -0.4 is 4.74 Å². The Hall–Kier alpha value is -0.950. The van der Waals surface area contributed by atoms with E-state index in [1.807, 2.05) is 0 Å². The van der Waals surface area contributed by atoms with Gasteiger partial charge in [0.15, 0.2) is 0 Å². The molecule has 0 N–H and O–H groups in total. The largest absolute Gasteiger partial charge is 0.487 e. The maximum atomic E-state index is 10.8. The first-order valence-electron chi connectivity index (χ1n) is 4.79. The van der Waals surface area contributed by atoms with Crippen molar-refractivity contribution in [1.82, 2.24) is 0 Å². The van der Waals surface area contributed by atoms with Gasteiger partial charge in [-0.05, 0) is 31.9 Å². The smallest absolute Gasteiger partial charge is 0.271 e. The van der Waals surface area contributed by atoms with E-state index in [1.54, 1.807) is 0 Å². The summed E-state index contributed by atoms with van der Waals surface area (Å²) in [4.78, 5) is 21.0. The van der Waals surface area contributed by atoms with Gasteiger partial charge in [-0.15, -0.1) is 0 Å². The fourth-order valence-corrected chi connectivity index (χ4v) is 2.81. The van der Waals surface area contributed by atoms with E-state index in [9.17, 15) is 14.9 Å². The lowest BCUT2D eigenvalue weighted by Gasteiger charge is -2.26. The summed E-state index contributed by atoms with van der Waals surface area (Å²) >= 11 is 6.44. The van der Waals surface area contributed by atoms with E-state index >= 15 is 0 Å². The summed E-state index contributed by atoms with van der Waals surface area (Å²) in [5, 5.41) is 10.6. The average molecular weight is 365 g/mol. The molecule has 0 spiro atoms. The van der Waals surface area contributed by atoms with Crippen LogP contribution in [0.15, 0.2) is 21.1 Å². The summed E-state index contributed by atoms with van der Waals surface area (Å²) in [6, 6.07) is 2.75. The zero-order chi connectivity index (χ0) is 12.6. The van der Waals surface area contributed by atoms with Crippen molar-refractivity contribution in [2.24, 2.45) is 0 Å². The highest BCUT2D eigenvalue weighted by Gasteiger charge is 2.29. The van der Waals surface area contributed by atoms with Crippen LogP contribution in [-0.2, 0) is 4.79 Å². The van der Waals surface area contributed by atoms with Gasteiger partial charge >= 0.3 is 0 Å².